The van der Waals surface area contributed by atoms with E-state index in [9.17, 15) is 4.79 Å². The average Bonchev–Trinajstić information content (AvgIpc) is 2.23. The molecule has 2 heterocycles. The molecule has 0 aliphatic carbocycles. The van der Waals surface area contributed by atoms with Crippen LogP contribution in [0.1, 0.15) is 12.0 Å². The molecule has 0 atom stereocenters. The van der Waals surface area contributed by atoms with Gasteiger partial charge in [-0.25, -0.2) is 0 Å². The number of carbonyl (C=O) groups is 1. The van der Waals surface area contributed by atoms with Gasteiger partial charge in [0, 0.05) is 37.9 Å². The highest BCUT2D eigenvalue weighted by Crippen LogP contribution is 2.09. The van der Waals surface area contributed by atoms with E-state index in [1.165, 1.54) is 0 Å². The Morgan fingerprint density at radius 1 is 1.60 bits per heavy atom. The van der Waals surface area contributed by atoms with E-state index in [-0.39, 0.29) is 11.9 Å². The van der Waals surface area contributed by atoms with Crippen molar-refractivity contribution in [2.75, 3.05) is 13.1 Å². The first-order chi connectivity index (χ1) is 7.25. The van der Waals surface area contributed by atoms with E-state index in [2.05, 4.69) is 4.98 Å². The van der Waals surface area contributed by atoms with Crippen LogP contribution < -0.4 is 5.73 Å². The Morgan fingerprint density at radius 3 is 3.00 bits per heavy atom. The number of aromatic nitrogens is 1. The number of nitrogens with two attached hydrogens (primary N) is 1. The largest absolute Gasteiger partial charge is 0.339 e. The van der Waals surface area contributed by atoms with Crippen LogP contribution in [0.15, 0.2) is 24.5 Å². The van der Waals surface area contributed by atoms with Gasteiger partial charge in [0.15, 0.2) is 0 Å². The molecular weight excluding hydrogens is 190 g/mol. The van der Waals surface area contributed by atoms with Gasteiger partial charge in [-0.1, -0.05) is 6.07 Å². The van der Waals surface area contributed by atoms with E-state index in [0.29, 0.717) is 19.5 Å². The van der Waals surface area contributed by atoms with Crippen LogP contribution in [0.25, 0.3) is 0 Å². The van der Waals surface area contributed by atoms with Crippen molar-refractivity contribution in [2.24, 2.45) is 5.73 Å². The van der Waals surface area contributed by atoms with E-state index < -0.39 is 0 Å². The lowest BCUT2D eigenvalue weighted by Gasteiger charge is -2.36. The smallest absolute Gasteiger partial charge is 0.223 e. The van der Waals surface area contributed by atoms with Crippen LogP contribution in [0.4, 0.5) is 0 Å². The molecule has 1 fully saturated rings. The zero-order chi connectivity index (χ0) is 10.7. The molecule has 0 unspecified atom stereocenters. The third-order valence-electron chi connectivity index (χ3n) is 2.61. The molecule has 0 spiro atoms. The average molecular weight is 205 g/mol. The molecule has 1 amide bonds. The van der Waals surface area contributed by atoms with Gasteiger partial charge in [0.2, 0.25) is 5.91 Å². The van der Waals surface area contributed by atoms with Crippen molar-refractivity contribution < 1.29 is 4.79 Å². The van der Waals surface area contributed by atoms with Crippen LogP contribution in [0, 0.1) is 0 Å². The second-order valence-corrected chi connectivity index (χ2v) is 3.92. The molecule has 15 heavy (non-hydrogen) atoms. The zero-order valence-electron chi connectivity index (χ0n) is 8.60. The van der Waals surface area contributed by atoms with Gasteiger partial charge in [-0.15, -0.1) is 0 Å². The number of likely N-dealkylation sites (tertiary alicyclic amines) is 1. The summed E-state index contributed by atoms with van der Waals surface area (Å²) in [6.07, 6.45) is 4.85. The summed E-state index contributed by atoms with van der Waals surface area (Å²) in [5.74, 6) is 0.195. The molecule has 1 aromatic heterocycles. The fourth-order valence-electron chi connectivity index (χ4n) is 1.67. The Bertz CT molecular complexity index is 333. The molecule has 1 aliphatic heterocycles. The summed E-state index contributed by atoms with van der Waals surface area (Å²) in [6.45, 7) is 1.43. The highest BCUT2D eigenvalue weighted by Gasteiger charge is 2.26. The van der Waals surface area contributed by atoms with Crippen molar-refractivity contribution in [2.45, 2.75) is 18.9 Å². The second kappa shape index (κ2) is 4.40. The molecule has 0 saturated carbocycles. The van der Waals surface area contributed by atoms with Crippen LogP contribution in [-0.4, -0.2) is 34.9 Å². The van der Waals surface area contributed by atoms with Gasteiger partial charge in [-0.3, -0.25) is 9.78 Å². The highest BCUT2D eigenvalue weighted by atomic mass is 16.2. The second-order valence-electron chi connectivity index (χ2n) is 3.92. The summed E-state index contributed by atoms with van der Waals surface area (Å²) < 4.78 is 0. The third kappa shape index (κ3) is 2.53. The number of nitrogens with zero attached hydrogens (tertiary/aromatic N) is 2. The normalized spacial score (nSPS) is 16.2. The zero-order valence-corrected chi connectivity index (χ0v) is 8.60. The van der Waals surface area contributed by atoms with Gasteiger partial charge >= 0.3 is 0 Å². The van der Waals surface area contributed by atoms with Crippen LogP contribution in [0.2, 0.25) is 0 Å². The molecule has 4 nitrogen and oxygen atoms in total. The summed E-state index contributed by atoms with van der Waals surface area (Å²) in [6, 6.07) is 4.06. The van der Waals surface area contributed by atoms with E-state index in [1.807, 2.05) is 12.1 Å². The first-order valence-electron chi connectivity index (χ1n) is 5.18. The van der Waals surface area contributed by atoms with Gasteiger partial charge in [0.25, 0.3) is 0 Å². The van der Waals surface area contributed by atoms with Crippen LogP contribution in [0.5, 0.6) is 0 Å². The molecule has 80 valence electrons. The predicted molar refractivity (Wildman–Crippen MR) is 57.1 cm³/mol. The van der Waals surface area contributed by atoms with Gasteiger partial charge in [0.05, 0.1) is 0 Å². The number of carbonyl (C=O) groups excluding carboxylic acids is 1. The fourth-order valence-corrected chi connectivity index (χ4v) is 1.67. The summed E-state index contributed by atoms with van der Waals surface area (Å²) in [5, 5.41) is 0. The lowest BCUT2D eigenvalue weighted by molar-refractivity contribution is -0.135. The maximum Gasteiger partial charge on any atom is 0.223 e. The molecular formula is C11H15N3O. The fraction of sp³-hybridized carbons (Fsp3) is 0.455. The molecule has 1 saturated heterocycles. The van der Waals surface area contributed by atoms with Crippen molar-refractivity contribution in [3.05, 3.63) is 30.1 Å². The Balaban J connectivity index is 1.76. The number of hydrogen-bond acceptors (Lipinski definition) is 3. The minimum absolute atomic E-state index is 0.187. The SMILES string of the molecule is NC1CN(C(=O)CCc2cccnc2)C1. The van der Waals surface area contributed by atoms with Crippen molar-refractivity contribution in [3.63, 3.8) is 0 Å². The first-order valence-corrected chi connectivity index (χ1v) is 5.18. The van der Waals surface area contributed by atoms with Crippen molar-refractivity contribution in [3.8, 4) is 0 Å². The number of pyridine rings is 1. The van der Waals surface area contributed by atoms with Crippen molar-refractivity contribution in [1.29, 1.82) is 0 Å². The van der Waals surface area contributed by atoms with E-state index in [1.54, 1.807) is 17.3 Å². The summed E-state index contributed by atoms with van der Waals surface area (Å²) in [5.41, 5.74) is 6.72. The Labute approximate surface area is 89.1 Å². The summed E-state index contributed by atoms with van der Waals surface area (Å²) in [7, 11) is 0. The maximum atomic E-state index is 11.6. The van der Waals surface area contributed by atoms with Crippen molar-refractivity contribution in [1.82, 2.24) is 9.88 Å². The van der Waals surface area contributed by atoms with E-state index >= 15 is 0 Å². The van der Waals surface area contributed by atoms with Gasteiger partial charge in [0.1, 0.15) is 0 Å². The third-order valence-corrected chi connectivity index (χ3v) is 2.61. The van der Waals surface area contributed by atoms with E-state index in [4.69, 9.17) is 5.73 Å². The van der Waals surface area contributed by atoms with Crippen LogP contribution in [-0.2, 0) is 11.2 Å². The molecule has 2 N–H and O–H groups in total. The standard InChI is InChI=1S/C11H15N3O/c12-10-7-14(8-10)11(15)4-3-9-2-1-5-13-6-9/h1-2,5-6,10H,3-4,7-8,12H2. The maximum absolute atomic E-state index is 11.6. The number of rotatable bonds is 3. The topological polar surface area (TPSA) is 59.2 Å². The Morgan fingerprint density at radius 2 is 2.40 bits per heavy atom. The first kappa shape index (κ1) is 10.1. The molecule has 1 aliphatic rings. The minimum atomic E-state index is 0.187. The lowest BCUT2D eigenvalue weighted by atomic mass is 10.1. The predicted octanol–water partition coefficient (Wildman–Crippen LogP) is 0.184. The molecule has 4 heteroatoms. The molecule has 0 radical (unpaired) electrons. The van der Waals surface area contributed by atoms with Crippen molar-refractivity contribution >= 4 is 5.91 Å². The molecule has 1 aromatic rings. The quantitative estimate of drug-likeness (QED) is 0.766. The van der Waals surface area contributed by atoms with Gasteiger partial charge in [-0.05, 0) is 18.1 Å². The molecule has 0 aromatic carbocycles. The molecule has 2 rings (SSSR count). The lowest BCUT2D eigenvalue weighted by Crippen LogP contribution is -2.57. The van der Waals surface area contributed by atoms with Crippen LogP contribution >= 0.6 is 0 Å². The summed E-state index contributed by atoms with van der Waals surface area (Å²) >= 11 is 0. The Hall–Kier alpha value is -1.42. The number of hydrogen-bond donors (Lipinski definition) is 1. The monoisotopic (exact) mass is 205 g/mol. The summed E-state index contributed by atoms with van der Waals surface area (Å²) in [4.78, 5) is 17.4. The van der Waals surface area contributed by atoms with Gasteiger partial charge in [-0.2, -0.15) is 0 Å². The Kier molecular flexibility index (Phi) is 2.97. The van der Waals surface area contributed by atoms with E-state index in [0.717, 1.165) is 12.0 Å². The number of amides is 1. The number of aryl methyl sites for hydroxylation is 1. The van der Waals surface area contributed by atoms with Gasteiger partial charge < -0.3 is 10.6 Å². The highest BCUT2D eigenvalue weighted by molar-refractivity contribution is 5.77. The minimum Gasteiger partial charge on any atom is -0.339 e. The molecule has 0 bridgehead atoms. The van der Waals surface area contributed by atoms with Crippen LogP contribution in [0.3, 0.4) is 0 Å².